The van der Waals surface area contributed by atoms with E-state index in [0.29, 0.717) is 28.6 Å². The van der Waals surface area contributed by atoms with Gasteiger partial charge >= 0.3 is 0 Å². The van der Waals surface area contributed by atoms with Crippen LogP contribution in [0.4, 0.5) is 5.69 Å². The van der Waals surface area contributed by atoms with E-state index in [1.165, 1.54) is 0 Å². The van der Waals surface area contributed by atoms with E-state index in [0.717, 1.165) is 5.76 Å². The Bertz CT molecular complexity index is 654. The van der Waals surface area contributed by atoms with Crippen molar-refractivity contribution in [3.05, 3.63) is 30.2 Å². The molecule has 0 unspecified atom stereocenters. The number of rotatable bonds is 1. The molecule has 0 saturated heterocycles. The number of nitrogen functional groups attached to an aromatic ring is 1. The van der Waals surface area contributed by atoms with Crippen molar-refractivity contribution >= 4 is 16.8 Å². The van der Waals surface area contributed by atoms with Crippen LogP contribution >= 0.6 is 0 Å². The summed E-state index contributed by atoms with van der Waals surface area (Å²) in [4.78, 5) is 8.30. The van der Waals surface area contributed by atoms with Crippen molar-refractivity contribution in [2.75, 3.05) is 5.73 Å². The van der Waals surface area contributed by atoms with Crippen LogP contribution in [-0.2, 0) is 0 Å². The van der Waals surface area contributed by atoms with Crippen molar-refractivity contribution in [2.45, 2.75) is 6.92 Å². The average molecular weight is 215 g/mol. The van der Waals surface area contributed by atoms with Gasteiger partial charge in [0.05, 0.1) is 6.20 Å². The first-order chi connectivity index (χ1) is 7.72. The van der Waals surface area contributed by atoms with Gasteiger partial charge in [-0.25, -0.2) is 9.97 Å². The molecule has 0 amide bonds. The van der Waals surface area contributed by atoms with Crippen LogP contribution in [0.25, 0.3) is 22.9 Å². The average Bonchev–Trinajstić information content (AvgIpc) is 2.83. The van der Waals surface area contributed by atoms with Gasteiger partial charge < -0.3 is 14.6 Å². The number of nitrogens with zero attached hydrogens (tertiary/aromatic N) is 2. The minimum absolute atomic E-state index is 0.369. The van der Waals surface area contributed by atoms with Crippen LogP contribution in [0, 0.1) is 6.92 Å². The maximum atomic E-state index is 5.66. The molecule has 2 heterocycles. The Kier molecular flexibility index (Phi) is 1.73. The number of anilines is 1. The smallest absolute Gasteiger partial charge is 0.284 e. The van der Waals surface area contributed by atoms with Gasteiger partial charge in [0.1, 0.15) is 11.3 Å². The van der Waals surface area contributed by atoms with Gasteiger partial charge in [0.15, 0.2) is 5.58 Å². The summed E-state index contributed by atoms with van der Waals surface area (Å²) in [5.41, 5.74) is 7.67. The summed E-state index contributed by atoms with van der Waals surface area (Å²) in [5.74, 6) is 1.47. The highest BCUT2D eigenvalue weighted by Crippen LogP contribution is 2.24. The monoisotopic (exact) mass is 215 g/mol. The quantitative estimate of drug-likeness (QED) is 0.630. The van der Waals surface area contributed by atoms with Gasteiger partial charge in [0.25, 0.3) is 11.8 Å². The lowest BCUT2D eigenvalue weighted by molar-refractivity contribution is 0.506. The van der Waals surface area contributed by atoms with Gasteiger partial charge in [-0.15, -0.1) is 0 Å². The maximum absolute atomic E-state index is 5.66. The maximum Gasteiger partial charge on any atom is 0.284 e. The molecule has 0 saturated carbocycles. The summed E-state index contributed by atoms with van der Waals surface area (Å²) >= 11 is 0. The first kappa shape index (κ1) is 8.96. The van der Waals surface area contributed by atoms with Gasteiger partial charge in [-0.05, 0) is 25.1 Å². The lowest BCUT2D eigenvalue weighted by atomic mass is 10.3. The zero-order valence-corrected chi connectivity index (χ0v) is 8.60. The van der Waals surface area contributed by atoms with Crippen LogP contribution in [0.2, 0.25) is 0 Å². The van der Waals surface area contributed by atoms with Gasteiger partial charge in [-0.1, -0.05) is 0 Å². The van der Waals surface area contributed by atoms with Gasteiger partial charge in [-0.3, -0.25) is 0 Å². The summed E-state index contributed by atoms with van der Waals surface area (Å²) in [6, 6.07) is 5.28. The minimum atomic E-state index is 0.369. The van der Waals surface area contributed by atoms with E-state index < -0.39 is 0 Å². The first-order valence-electron chi connectivity index (χ1n) is 4.81. The Morgan fingerprint density at radius 3 is 2.81 bits per heavy atom. The highest BCUT2D eigenvalue weighted by molar-refractivity contribution is 5.78. The fourth-order valence-electron chi connectivity index (χ4n) is 1.49. The van der Waals surface area contributed by atoms with Gasteiger partial charge in [0, 0.05) is 5.69 Å². The molecular weight excluding hydrogens is 206 g/mol. The summed E-state index contributed by atoms with van der Waals surface area (Å²) in [6.07, 6.45) is 1.62. The van der Waals surface area contributed by atoms with Crippen LogP contribution in [0.3, 0.4) is 0 Å². The SMILES string of the molecule is Cc1cnc(-c2nc3cc(N)ccc3o2)o1. The lowest BCUT2D eigenvalue weighted by Gasteiger charge is -1.88. The van der Waals surface area contributed by atoms with Crippen molar-refractivity contribution in [2.24, 2.45) is 0 Å². The summed E-state index contributed by atoms with van der Waals surface area (Å²) in [6.45, 7) is 1.82. The number of oxazole rings is 2. The largest absolute Gasteiger partial charge is 0.438 e. The second-order valence-corrected chi connectivity index (χ2v) is 3.52. The van der Waals surface area contributed by atoms with E-state index in [1.807, 2.05) is 6.92 Å². The molecule has 2 aromatic heterocycles. The minimum Gasteiger partial charge on any atom is -0.438 e. The van der Waals surface area contributed by atoms with E-state index in [1.54, 1.807) is 24.4 Å². The number of nitrogens with two attached hydrogens (primary N) is 1. The molecular formula is C11H9N3O2. The van der Waals surface area contributed by atoms with Crippen LogP contribution in [0.1, 0.15) is 5.76 Å². The molecule has 0 aliphatic carbocycles. The number of aromatic nitrogens is 2. The summed E-state index contributed by atoms with van der Waals surface area (Å²) < 4.78 is 10.8. The third-order valence-electron chi connectivity index (χ3n) is 2.22. The first-order valence-corrected chi connectivity index (χ1v) is 4.81. The predicted molar refractivity (Wildman–Crippen MR) is 58.7 cm³/mol. The van der Waals surface area contributed by atoms with Crippen molar-refractivity contribution in [3.8, 4) is 11.8 Å². The van der Waals surface area contributed by atoms with Crippen molar-refractivity contribution in [3.63, 3.8) is 0 Å². The Balaban J connectivity index is 2.18. The van der Waals surface area contributed by atoms with Crippen LogP contribution in [0.15, 0.2) is 33.2 Å². The van der Waals surface area contributed by atoms with E-state index >= 15 is 0 Å². The Labute approximate surface area is 90.9 Å². The van der Waals surface area contributed by atoms with Crippen LogP contribution in [0.5, 0.6) is 0 Å². The Morgan fingerprint density at radius 2 is 2.06 bits per heavy atom. The third kappa shape index (κ3) is 1.33. The van der Waals surface area contributed by atoms with Crippen molar-refractivity contribution < 1.29 is 8.83 Å². The molecule has 3 aromatic rings. The van der Waals surface area contributed by atoms with Crippen molar-refractivity contribution in [1.82, 2.24) is 9.97 Å². The molecule has 3 rings (SSSR count). The second kappa shape index (κ2) is 3.10. The van der Waals surface area contributed by atoms with Crippen LogP contribution < -0.4 is 5.73 Å². The van der Waals surface area contributed by atoms with E-state index in [4.69, 9.17) is 14.6 Å². The number of hydrogen-bond acceptors (Lipinski definition) is 5. The zero-order valence-electron chi connectivity index (χ0n) is 8.60. The number of fused-ring (bicyclic) bond motifs is 1. The lowest BCUT2D eigenvalue weighted by Crippen LogP contribution is -1.82. The number of benzene rings is 1. The molecule has 80 valence electrons. The number of aryl methyl sites for hydroxylation is 1. The molecule has 5 nitrogen and oxygen atoms in total. The Morgan fingerprint density at radius 1 is 1.19 bits per heavy atom. The highest BCUT2D eigenvalue weighted by Gasteiger charge is 2.12. The normalized spacial score (nSPS) is 11.1. The zero-order chi connectivity index (χ0) is 11.1. The number of hydrogen-bond donors (Lipinski definition) is 1. The fraction of sp³-hybridized carbons (Fsp3) is 0.0909. The molecule has 2 N–H and O–H groups in total. The van der Waals surface area contributed by atoms with Gasteiger partial charge in [-0.2, -0.15) is 0 Å². The topological polar surface area (TPSA) is 78.1 Å². The molecule has 5 heteroatoms. The summed E-state index contributed by atoms with van der Waals surface area (Å²) in [5, 5.41) is 0. The summed E-state index contributed by atoms with van der Waals surface area (Å²) in [7, 11) is 0. The highest BCUT2D eigenvalue weighted by atomic mass is 16.4. The molecule has 0 atom stereocenters. The molecule has 0 aliphatic heterocycles. The van der Waals surface area contributed by atoms with E-state index in [-0.39, 0.29) is 0 Å². The predicted octanol–water partition coefficient (Wildman–Crippen LogP) is 2.37. The molecule has 0 radical (unpaired) electrons. The molecule has 0 fully saturated rings. The molecule has 0 bridgehead atoms. The standard InChI is InChI=1S/C11H9N3O2/c1-6-5-13-10(15-6)11-14-8-4-7(12)2-3-9(8)16-11/h2-5H,12H2,1H3. The van der Waals surface area contributed by atoms with E-state index in [9.17, 15) is 0 Å². The van der Waals surface area contributed by atoms with Gasteiger partial charge in [0.2, 0.25) is 0 Å². The third-order valence-corrected chi connectivity index (χ3v) is 2.22. The Hall–Kier alpha value is -2.30. The molecule has 1 aromatic carbocycles. The molecule has 0 aliphatic rings. The molecule has 0 spiro atoms. The van der Waals surface area contributed by atoms with E-state index in [2.05, 4.69) is 9.97 Å². The fourth-order valence-corrected chi connectivity index (χ4v) is 1.49. The van der Waals surface area contributed by atoms with Crippen LogP contribution in [-0.4, -0.2) is 9.97 Å². The molecule has 16 heavy (non-hydrogen) atoms. The second-order valence-electron chi connectivity index (χ2n) is 3.52. The van der Waals surface area contributed by atoms with Crippen molar-refractivity contribution in [1.29, 1.82) is 0 Å².